The summed E-state index contributed by atoms with van der Waals surface area (Å²) in [6.07, 6.45) is 1.35. The topological polar surface area (TPSA) is 86.8 Å². The molecule has 0 spiro atoms. The van der Waals surface area contributed by atoms with Gasteiger partial charge in [-0.25, -0.2) is 8.42 Å². The Hall–Kier alpha value is -2.29. The fourth-order valence-corrected chi connectivity index (χ4v) is 4.87. The van der Waals surface area contributed by atoms with Gasteiger partial charge in [0.05, 0.1) is 17.0 Å². The zero-order valence-electron chi connectivity index (χ0n) is 20.0. The van der Waals surface area contributed by atoms with Crippen LogP contribution in [0.3, 0.4) is 0 Å². The Bertz CT molecular complexity index is 1140. The van der Waals surface area contributed by atoms with Crippen LogP contribution in [0.1, 0.15) is 38.3 Å². The van der Waals surface area contributed by atoms with E-state index in [1.807, 2.05) is 52.0 Å². The number of hydrogen-bond donors (Lipinski definition) is 1. The van der Waals surface area contributed by atoms with Crippen molar-refractivity contribution in [3.63, 3.8) is 0 Å². The maximum Gasteiger partial charge on any atom is 0.244 e. The number of hydrogen-bond acceptors (Lipinski definition) is 4. The van der Waals surface area contributed by atoms with Crippen molar-refractivity contribution < 1.29 is 18.0 Å². The van der Waals surface area contributed by atoms with Gasteiger partial charge in [0.2, 0.25) is 21.8 Å². The van der Waals surface area contributed by atoms with Crippen LogP contribution in [0.25, 0.3) is 0 Å². The SMILES string of the molecule is CCC(C(=O)NC(C)C)N(Cc1cccc(C)c1)C(=O)CN(c1cc(Cl)ccc1Cl)S(C)(=O)=O. The minimum atomic E-state index is -3.89. The van der Waals surface area contributed by atoms with Crippen LogP contribution in [0.5, 0.6) is 0 Å². The van der Waals surface area contributed by atoms with Crippen molar-refractivity contribution in [3.05, 3.63) is 63.6 Å². The van der Waals surface area contributed by atoms with Crippen LogP contribution in [-0.2, 0) is 26.2 Å². The fourth-order valence-electron chi connectivity index (χ4n) is 3.58. The largest absolute Gasteiger partial charge is 0.352 e. The first-order chi connectivity index (χ1) is 15.8. The highest BCUT2D eigenvalue weighted by atomic mass is 35.5. The summed E-state index contributed by atoms with van der Waals surface area (Å²) in [4.78, 5) is 28.0. The van der Waals surface area contributed by atoms with Crippen molar-refractivity contribution in [3.8, 4) is 0 Å². The number of aryl methyl sites for hydroxylation is 1. The molecule has 0 aliphatic rings. The van der Waals surface area contributed by atoms with Gasteiger partial charge in [0.25, 0.3) is 0 Å². The number of carbonyl (C=O) groups is 2. The molecule has 34 heavy (non-hydrogen) atoms. The average Bonchev–Trinajstić information content (AvgIpc) is 2.72. The van der Waals surface area contributed by atoms with E-state index in [9.17, 15) is 18.0 Å². The molecule has 0 fully saturated rings. The lowest BCUT2D eigenvalue weighted by Crippen LogP contribution is -2.53. The van der Waals surface area contributed by atoms with E-state index < -0.39 is 28.5 Å². The Morgan fingerprint density at radius 1 is 1.09 bits per heavy atom. The van der Waals surface area contributed by atoms with Gasteiger partial charge in [-0.05, 0) is 51.0 Å². The first-order valence-electron chi connectivity index (χ1n) is 10.9. The van der Waals surface area contributed by atoms with Gasteiger partial charge in [0, 0.05) is 17.6 Å². The van der Waals surface area contributed by atoms with Crippen LogP contribution in [0, 0.1) is 6.92 Å². The Morgan fingerprint density at radius 2 is 1.76 bits per heavy atom. The minimum absolute atomic E-state index is 0.0974. The van der Waals surface area contributed by atoms with Gasteiger partial charge in [-0.1, -0.05) is 60.0 Å². The number of nitrogens with one attached hydrogen (secondary N) is 1. The number of nitrogens with zero attached hydrogens (tertiary/aromatic N) is 2. The Labute approximate surface area is 212 Å². The monoisotopic (exact) mass is 527 g/mol. The molecular weight excluding hydrogens is 497 g/mol. The van der Waals surface area contributed by atoms with Gasteiger partial charge in [0.15, 0.2) is 0 Å². The van der Waals surface area contributed by atoms with Crippen molar-refractivity contribution in [2.45, 2.75) is 52.7 Å². The predicted molar refractivity (Wildman–Crippen MR) is 138 cm³/mol. The van der Waals surface area contributed by atoms with Crippen molar-refractivity contribution in [2.24, 2.45) is 0 Å². The lowest BCUT2D eigenvalue weighted by molar-refractivity contribution is -0.140. The maximum atomic E-state index is 13.6. The van der Waals surface area contributed by atoms with Gasteiger partial charge in [-0.15, -0.1) is 0 Å². The number of sulfonamides is 1. The molecular formula is C24H31Cl2N3O4S. The van der Waals surface area contributed by atoms with Gasteiger partial charge in [0.1, 0.15) is 12.6 Å². The standard InChI is InChI=1S/C24H31Cl2N3O4S/c1-6-21(24(31)27-16(2)3)28(14-18-9-7-8-17(4)12-18)23(30)15-29(34(5,32)33)22-13-19(25)10-11-20(22)26/h7-13,16,21H,6,14-15H2,1-5H3,(H,27,31). The van der Waals surface area contributed by atoms with Crippen LogP contribution in [0.4, 0.5) is 5.69 Å². The quantitative estimate of drug-likeness (QED) is 0.495. The number of benzene rings is 2. The fraction of sp³-hybridized carbons (Fsp3) is 0.417. The second-order valence-electron chi connectivity index (χ2n) is 8.46. The summed E-state index contributed by atoms with van der Waals surface area (Å²) in [5.74, 6) is -0.834. The van der Waals surface area contributed by atoms with Crippen molar-refractivity contribution in [1.82, 2.24) is 10.2 Å². The Kier molecular flexibility index (Phi) is 9.79. The number of rotatable bonds is 10. The first kappa shape index (κ1) is 28.0. The van der Waals surface area contributed by atoms with E-state index >= 15 is 0 Å². The number of halogens is 2. The Morgan fingerprint density at radius 3 is 2.32 bits per heavy atom. The summed E-state index contributed by atoms with van der Waals surface area (Å²) in [6, 6.07) is 11.1. The van der Waals surface area contributed by atoms with Crippen LogP contribution < -0.4 is 9.62 Å². The summed E-state index contributed by atoms with van der Waals surface area (Å²) >= 11 is 12.3. The molecule has 186 valence electrons. The molecule has 1 unspecified atom stereocenters. The molecule has 0 radical (unpaired) electrons. The molecule has 2 amide bonds. The average molecular weight is 529 g/mol. The van der Waals surface area contributed by atoms with E-state index in [2.05, 4.69) is 5.32 Å². The van der Waals surface area contributed by atoms with Crippen LogP contribution in [0.15, 0.2) is 42.5 Å². The van der Waals surface area contributed by atoms with E-state index in [0.717, 1.165) is 21.7 Å². The highest BCUT2D eigenvalue weighted by Gasteiger charge is 2.32. The lowest BCUT2D eigenvalue weighted by atomic mass is 10.1. The summed E-state index contributed by atoms with van der Waals surface area (Å²) in [6.45, 7) is 7.03. The summed E-state index contributed by atoms with van der Waals surface area (Å²) in [5, 5.41) is 3.27. The smallest absolute Gasteiger partial charge is 0.244 e. The molecule has 2 rings (SSSR count). The van der Waals surface area contributed by atoms with Crippen molar-refractivity contribution >= 4 is 50.7 Å². The third-order valence-corrected chi connectivity index (χ3v) is 6.79. The molecule has 0 aliphatic heterocycles. The zero-order chi connectivity index (χ0) is 25.6. The molecule has 7 nitrogen and oxygen atoms in total. The highest BCUT2D eigenvalue weighted by Crippen LogP contribution is 2.31. The van der Waals surface area contributed by atoms with Gasteiger partial charge in [-0.2, -0.15) is 0 Å². The van der Waals surface area contributed by atoms with Crippen molar-refractivity contribution in [1.29, 1.82) is 0 Å². The second kappa shape index (κ2) is 11.9. The van der Waals surface area contributed by atoms with Crippen molar-refractivity contribution in [2.75, 3.05) is 17.1 Å². The summed E-state index contributed by atoms with van der Waals surface area (Å²) < 4.78 is 26.2. The Balaban J connectivity index is 2.49. The van der Waals surface area contributed by atoms with E-state index in [-0.39, 0.29) is 34.2 Å². The number of anilines is 1. The predicted octanol–water partition coefficient (Wildman–Crippen LogP) is 4.40. The van der Waals surface area contributed by atoms with E-state index in [1.54, 1.807) is 0 Å². The van der Waals surface area contributed by atoms with E-state index in [1.165, 1.54) is 23.1 Å². The molecule has 0 saturated carbocycles. The van der Waals surface area contributed by atoms with Gasteiger partial charge >= 0.3 is 0 Å². The number of carbonyl (C=O) groups excluding carboxylic acids is 2. The van der Waals surface area contributed by atoms with Crippen LogP contribution in [0.2, 0.25) is 10.0 Å². The van der Waals surface area contributed by atoms with E-state index in [0.29, 0.717) is 6.42 Å². The first-order valence-corrected chi connectivity index (χ1v) is 13.5. The number of amides is 2. The summed E-state index contributed by atoms with van der Waals surface area (Å²) in [7, 11) is -3.89. The molecule has 10 heteroatoms. The summed E-state index contributed by atoms with van der Waals surface area (Å²) in [5.41, 5.74) is 1.93. The lowest BCUT2D eigenvalue weighted by Gasteiger charge is -2.33. The molecule has 1 atom stereocenters. The van der Waals surface area contributed by atoms with E-state index in [4.69, 9.17) is 23.2 Å². The second-order valence-corrected chi connectivity index (χ2v) is 11.2. The molecule has 0 aromatic heterocycles. The molecule has 0 bridgehead atoms. The molecule has 0 saturated heterocycles. The maximum absolute atomic E-state index is 13.6. The van der Waals surface area contributed by atoms with Crippen LogP contribution >= 0.6 is 23.2 Å². The molecule has 0 aliphatic carbocycles. The van der Waals surface area contributed by atoms with Crippen LogP contribution in [-0.4, -0.2) is 50.0 Å². The molecule has 2 aromatic carbocycles. The zero-order valence-corrected chi connectivity index (χ0v) is 22.3. The minimum Gasteiger partial charge on any atom is -0.352 e. The third-order valence-electron chi connectivity index (χ3n) is 5.11. The van der Waals surface area contributed by atoms with Gasteiger partial charge < -0.3 is 10.2 Å². The molecule has 0 heterocycles. The normalized spacial score (nSPS) is 12.4. The molecule has 2 aromatic rings. The van der Waals surface area contributed by atoms with Gasteiger partial charge in [-0.3, -0.25) is 13.9 Å². The molecule has 1 N–H and O–H groups in total. The highest BCUT2D eigenvalue weighted by molar-refractivity contribution is 7.92. The third kappa shape index (κ3) is 7.61.